The molecule has 0 radical (unpaired) electrons. The zero-order valence-corrected chi connectivity index (χ0v) is 6.91. The highest BCUT2D eigenvalue weighted by molar-refractivity contribution is 5.06. The summed E-state index contributed by atoms with van der Waals surface area (Å²) >= 11 is 0. The molecular formula is C8H14FNO2. The summed E-state index contributed by atoms with van der Waals surface area (Å²) in [5, 5.41) is 18.5. The van der Waals surface area contributed by atoms with Crippen LogP contribution in [-0.4, -0.2) is 52.6 Å². The Hall–Kier alpha value is -0.190. The predicted molar refractivity (Wildman–Crippen MR) is 41.5 cm³/mol. The van der Waals surface area contributed by atoms with Crippen LogP contribution in [0.5, 0.6) is 0 Å². The SMILES string of the molecule is OC[C@@]12C[C@@H](O)CN1C[C@H](F)C2. The highest BCUT2D eigenvalue weighted by atomic mass is 19.1. The van der Waals surface area contributed by atoms with Crippen molar-refractivity contribution in [3.8, 4) is 0 Å². The zero-order valence-electron chi connectivity index (χ0n) is 6.91. The number of hydrogen-bond donors (Lipinski definition) is 2. The molecule has 2 heterocycles. The second-order valence-corrected chi connectivity index (χ2v) is 3.95. The van der Waals surface area contributed by atoms with E-state index in [0.717, 1.165) is 0 Å². The van der Waals surface area contributed by atoms with Crippen LogP contribution in [0.4, 0.5) is 4.39 Å². The number of halogens is 1. The van der Waals surface area contributed by atoms with Crippen LogP contribution in [0.1, 0.15) is 12.8 Å². The summed E-state index contributed by atoms with van der Waals surface area (Å²) in [5.41, 5.74) is -0.446. The first kappa shape index (κ1) is 8.41. The van der Waals surface area contributed by atoms with E-state index in [-0.39, 0.29) is 12.7 Å². The van der Waals surface area contributed by atoms with Gasteiger partial charge in [-0.15, -0.1) is 0 Å². The Morgan fingerprint density at radius 2 is 2.17 bits per heavy atom. The van der Waals surface area contributed by atoms with Gasteiger partial charge >= 0.3 is 0 Å². The molecule has 0 aromatic heterocycles. The van der Waals surface area contributed by atoms with Crippen LogP contribution in [-0.2, 0) is 0 Å². The molecule has 2 rings (SSSR count). The van der Waals surface area contributed by atoms with Crippen molar-refractivity contribution in [1.29, 1.82) is 0 Å². The second-order valence-electron chi connectivity index (χ2n) is 3.95. The maximum atomic E-state index is 13.0. The van der Waals surface area contributed by atoms with E-state index >= 15 is 0 Å². The molecule has 2 N–H and O–H groups in total. The standard InChI is InChI=1S/C8H14FNO2/c9-6-1-8(5-11)2-7(12)4-10(8)3-6/h6-7,11-12H,1-5H2/t6-,7-,8-/m1/s1. The molecule has 2 saturated heterocycles. The molecule has 2 aliphatic rings. The summed E-state index contributed by atoms with van der Waals surface area (Å²) in [6, 6.07) is 0. The quantitative estimate of drug-likeness (QED) is 0.566. The van der Waals surface area contributed by atoms with Crippen LogP contribution in [0.3, 0.4) is 0 Å². The molecule has 0 saturated carbocycles. The van der Waals surface area contributed by atoms with Gasteiger partial charge in [-0.2, -0.15) is 0 Å². The first-order chi connectivity index (χ1) is 5.66. The Bertz CT molecular complexity index is 174. The molecule has 0 amide bonds. The fraction of sp³-hybridized carbons (Fsp3) is 1.00. The normalized spacial score (nSPS) is 48.2. The number of aliphatic hydroxyl groups excluding tert-OH is 2. The van der Waals surface area contributed by atoms with Gasteiger partial charge in [0.2, 0.25) is 0 Å². The Labute approximate surface area is 70.8 Å². The molecule has 0 unspecified atom stereocenters. The predicted octanol–water partition coefficient (Wildman–Crippen LogP) is -0.474. The van der Waals surface area contributed by atoms with Crippen molar-refractivity contribution in [2.24, 2.45) is 0 Å². The van der Waals surface area contributed by atoms with Crippen LogP contribution >= 0.6 is 0 Å². The zero-order chi connectivity index (χ0) is 8.77. The van der Waals surface area contributed by atoms with Gasteiger partial charge in [0.15, 0.2) is 0 Å². The molecular weight excluding hydrogens is 161 g/mol. The van der Waals surface area contributed by atoms with Crippen molar-refractivity contribution < 1.29 is 14.6 Å². The van der Waals surface area contributed by atoms with Crippen molar-refractivity contribution >= 4 is 0 Å². The number of rotatable bonds is 1. The molecule has 0 spiro atoms. The van der Waals surface area contributed by atoms with Crippen molar-refractivity contribution in [3.05, 3.63) is 0 Å². The van der Waals surface area contributed by atoms with Gasteiger partial charge in [-0.05, 0) is 6.42 Å². The lowest BCUT2D eigenvalue weighted by molar-refractivity contribution is 0.0985. The van der Waals surface area contributed by atoms with Gasteiger partial charge < -0.3 is 10.2 Å². The molecule has 2 aliphatic heterocycles. The molecule has 0 aliphatic carbocycles. The first-order valence-electron chi connectivity index (χ1n) is 4.34. The lowest BCUT2D eigenvalue weighted by Crippen LogP contribution is -2.41. The minimum Gasteiger partial charge on any atom is -0.394 e. The first-order valence-corrected chi connectivity index (χ1v) is 4.34. The van der Waals surface area contributed by atoms with E-state index in [9.17, 15) is 9.50 Å². The summed E-state index contributed by atoms with van der Waals surface area (Å²) in [5.74, 6) is 0. The van der Waals surface area contributed by atoms with Gasteiger partial charge in [0.1, 0.15) is 6.17 Å². The largest absolute Gasteiger partial charge is 0.394 e. The van der Waals surface area contributed by atoms with Crippen molar-refractivity contribution in [2.45, 2.75) is 30.7 Å². The van der Waals surface area contributed by atoms with E-state index in [2.05, 4.69) is 0 Å². The van der Waals surface area contributed by atoms with Gasteiger partial charge in [-0.1, -0.05) is 0 Å². The Balaban J connectivity index is 2.16. The van der Waals surface area contributed by atoms with Gasteiger partial charge in [0.25, 0.3) is 0 Å². The Kier molecular flexibility index (Phi) is 1.86. The third-order valence-electron chi connectivity index (χ3n) is 3.03. The summed E-state index contributed by atoms with van der Waals surface area (Å²) in [6.07, 6.45) is -0.320. The molecule has 3 nitrogen and oxygen atoms in total. The molecule has 70 valence electrons. The molecule has 0 aromatic rings. The minimum absolute atomic E-state index is 0.0372. The van der Waals surface area contributed by atoms with Crippen LogP contribution in [0.25, 0.3) is 0 Å². The molecule has 2 fully saturated rings. The van der Waals surface area contributed by atoms with E-state index in [0.29, 0.717) is 25.9 Å². The number of aliphatic hydroxyl groups is 2. The van der Waals surface area contributed by atoms with Crippen molar-refractivity contribution in [3.63, 3.8) is 0 Å². The molecule has 0 bridgehead atoms. The maximum absolute atomic E-state index is 13.0. The summed E-state index contributed by atoms with van der Waals surface area (Å²) < 4.78 is 13.0. The van der Waals surface area contributed by atoms with Crippen LogP contribution in [0, 0.1) is 0 Å². The smallest absolute Gasteiger partial charge is 0.115 e. The van der Waals surface area contributed by atoms with E-state index < -0.39 is 11.7 Å². The molecule has 4 heteroatoms. The van der Waals surface area contributed by atoms with Gasteiger partial charge in [-0.25, -0.2) is 4.39 Å². The average Bonchev–Trinajstić information content (AvgIpc) is 2.40. The lowest BCUT2D eigenvalue weighted by atomic mass is 9.94. The number of alkyl halides is 1. The monoisotopic (exact) mass is 175 g/mol. The molecule has 3 atom stereocenters. The highest BCUT2D eigenvalue weighted by Gasteiger charge is 2.51. The number of fused-ring (bicyclic) bond motifs is 1. The van der Waals surface area contributed by atoms with Gasteiger partial charge in [0, 0.05) is 25.0 Å². The fourth-order valence-corrected chi connectivity index (χ4v) is 2.51. The molecule has 0 aromatic carbocycles. The van der Waals surface area contributed by atoms with E-state index in [1.807, 2.05) is 4.90 Å². The van der Waals surface area contributed by atoms with Gasteiger partial charge in [-0.3, -0.25) is 4.90 Å². The van der Waals surface area contributed by atoms with Crippen molar-refractivity contribution in [1.82, 2.24) is 4.90 Å². The Morgan fingerprint density at radius 3 is 2.75 bits per heavy atom. The van der Waals surface area contributed by atoms with Crippen LogP contribution in [0.2, 0.25) is 0 Å². The average molecular weight is 175 g/mol. The summed E-state index contributed by atoms with van der Waals surface area (Å²) in [7, 11) is 0. The highest BCUT2D eigenvalue weighted by Crippen LogP contribution is 2.39. The van der Waals surface area contributed by atoms with E-state index in [1.54, 1.807) is 0 Å². The van der Waals surface area contributed by atoms with Crippen LogP contribution < -0.4 is 0 Å². The summed E-state index contributed by atoms with van der Waals surface area (Å²) in [4.78, 5) is 1.88. The molecule has 12 heavy (non-hydrogen) atoms. The third-order valence-corrected chi connectivity index (χ3v) is 3.03. The van der Waals surface area contributed by atoms with E-state index in [4.69, 9.17) is 5.11 Å². The summed E-state index contributed by atoms with van der Waals surface area (Å²) in [6.45, 7) is 0.850. The van der Waals surface area contributed by atoms with E-state index in [1.165, 1.54) is 0 Å². The topological polar surface area (TPSA) is 43.7 Å². The van der Waals surface area contributed by atoms with Crippen LogP contribution in [0.15, 0.2) is 0 Å². The van der Waals surface area contributed by atoms with Gasteiger partial charge in [0.05, 0.1) is 12.7 Å². The second kappa shape index (κ2) is 2.65. The lowest BCUT2D eigenvalue weighted by Gasteiger charge is -2.28. The number of β-amino-alcohol motifs (C(OH)–C–C–N with tert-alkyl or cyclic N) is 1. The maximum Gasteiger partial charge on any atom is 0.115 e. The minimum atomic E-state index is -0.829. The third kappa shape index (κ3) is 1.06. The Morgan fingerprint density at radius 1 is 1.42 bits per heavy atom. The number of nitrogens with zero attached hydrogens (tertiary/aromatic N) is 1. The fourth-order valence-electron chi connectivity index (χ4n) is 2.51. The van der Waals surface area contributed by atoms with Crippen molar-refractivity contribution in [2.75, 3.05) is 19.7 Å². The number of hydrogen-bond acceptors (Lipinski definition) is 3.